The number of hydrogen-bond acceptors (Lipinski definition) is 4. The Balaban J connectivity index is 1.56. The monoisotopic (exact) mass is 394 g/mol. The Bertz CT molecular complexity index is 1120. The molecule has 2 aliphatic rings. The molecule has 2 heterocycles. The van der Waals surface area contributed by atoms with Gasteiger partial charge in [-0.2, -0.15) is 0 Å². The van der Waals surface area contributed by atoms with Crippen molar-refractivity contribution in [3.63, 3.8) is 0 Å². The van der Waals surface area contributed by atoms with Crippen LogP contribution < -0.4 is 14.8 Å². The number of anilines is 1. The maximum absolute atomic E-state index is 14.6. The van der Waals surface area contributed by atoms with Gasteiger partial charge in [0.2, 0.25) is 6.79 Å². The van der Waals surface area contributed by atoms with Crippen molar-refractivity contribution in [2.24, 2.45) is 0 Å². The van der Waals surface area contributed by atoms with Gasteiger partial charge in [-0.15, -0.1) is 0 Å². The van der Waals surface area contributed by atoms with Crippen LogP contribution in [0.3, 0.4) is 0 Å². The van der Waals surface area contributed by atoms with Gasteiger partial charge in [0.05, 0.1) is 5.56 Å². The number of nitrogens with one attached hydrogen (secondary N) is 1. The first-order valence-corrected chi connectivity index (χ1v) is 9.10. The average Bonchev–Trinajstić information content (AvgIpc) is 3.18. The van der Waals surface area contributed by atoms with E-state index in [0.29, 0.717) is 22.7 Å². The van der Waals surface area contributed by atoms with Crippen LogP contribution in [0, 0.1) is 11.6 Å². The largest absolute Gasteiger partial charge is 0.454 e. The fraction of sp³-hybridized carbons (Fsp3) is 0.136. The van der Waals surface area contributed by atoms with Gasteiger partial charge in [0.1, 0.15) is 17.8 Å². The number of halogens is 2. The molecule has 1 atom stereocenters. The van der Waals surface area contributed by atoms with Crippen molar-refractivity contribution in [2.75, 3.05) is 12.1 Å². The number of para-hydroxylation sites is 1. The molecule has 3 aromatic carbocycles. The normalized spacial score (nSPS) is 17.1. The van der Waals surface area contributed by atoms with E-state index >= 15 is 0 Å². The number of benzene rings is 3. The first-order chi connectivity index (χ1) is 14.1. The summed E-state index contributed by atoms with van der Waals surface area (Å²) in [6, 6.07) is 15.8. The highest BCUT2D eigenvalue weighted by molar-refractivity contribution is 6.01. The lowest BCUT2D eigenvalue weighted by atomic mass is 10.0. The van der Waals surface area contributed by atoms with Crippen molar-refractivity contribution in [3.8, 4) is 11.5 Å². The summed E-state index contributed by atoms with van der Waals surface area (Å²) in [5, 5.41) is 3.21. The minimum atomic E-state index is -0.788. The van der Waals surface area contributed by atoms with Crippen LogP contribution in [0.1, 0.15) is 27.7 Å². The number of carbonyl (C=O) groups is 1. The Labute approximate surface area is 165 Å². The minimum Gasteiger partial charge on any atom is -0.454 e. The van der Waals surface area contributed by atoms with Gasteiger partial charge in [0.25, 0.3) is 5.91 Å². The Morgan fingerprint density at radius 3 is 2.69 bits per heavy atom. The Morgan fingerprint density at radius 2 is 1.83 bits per heavy atom. The summed E-state index contributed by atoms with van der Waals surface area (Å²) >= 11 is 0. The summed E-state index contributed by atoms with van der Waals surface area (Å²) < 4.78 is 38.8. The number of amides is 1. The number of ether oxygens (including phenoxy) is 2. The molecule has 146 valence electrons. The zero-order chi connectivity index (χ0) is 20.0. The molecule has 0 spiro atoms. The third-order valence-corrected chi connectivity index (χ3v) is 5.07. The van der Waals surface area contributed by atoms with Crippen LogP contribution in [0.2, 0.25) is 0 Å². The van der Waals surface area contributed by atoms with Crippen molar-refractivity contribution in [1.82, 2.24) is 4.90 Å². The first kappa shape index (κ1) is 17.5. The summed E-state index contributed by atoms with van der Waals surface area (Å²) in [5.74, 6) is -0.389. The number of rotatable bonds is 3. The van der Waals surface area contributed by atoms with E-state index in [4.69, 9.17) is 9.47 Å². The zero-order valence-electron chi connectivity index (χ0n) is 15.2. The van der Waals surface area contributed by atoms with Crippen LogP contribution in [-0.2, 0) is 6.54 Å². The Kier molecular flexibility index (Phi) is 4.08. The average molecular weight is 394 g/mol. The van der Waals surface area contributed by atoms with E-state index in [9.17, 15) is 13.6 Å². The lowest BCUT2D eigenvalue weighted by Gasteiger charge is -2.38. The number of fused-ring (bicyclic) bond motifs is 2. The fourth-order valence-electron chi connectivity index (χ4n) is 3.66. The lowest BCUT2D eigenvalue weighted by molar-refractivity contribution is 0.0663. The van der Waals surface area contributed by atoms with Crippen molar-refractivity contribution in [2.45, 2.75) is 12.7 Å². The number of hydrogen-bond donors (Lipinski definition) is 1. The van der Waals surface area contributed by atoms with Gasteiger partial charge in [-0.1, -0.05) is 18.2 Å². The molecule has 0 saturated heterocycles. The molecule has 3 aromatic rings. The summed E-state index contributed by atoms with van der Waals surface area (Å²) in [5.41, 5.74) is 2.09. The van der Waals surface area contributed by atoms with Crippen molar-refractivity contribution < 1.29 is 23.0 Å². The molecule has 1 amide bonds. The third-order valence-electron chi connectivity index (χ3n) is 5.07. The predicted molar refractivity (Wildman–Crippen MR) is 102 cm³/mol. The molecular weight excluding hydrogens is 378 g/mol. The smallest absolute Gasteiger partial charge is 0.258 e. The van der Waals surface area contributed by atoms with Gasteiger partial charge >= 0.3 is 0 Å². The number of nitrogens with zero attached hydrogens (tertiary/aromatic N) is 1. The maximum atomic E-state index is 14.6. The third kappa shape index (κ3) is 3.04. The van der Waals surface area contributed by atoms with E-state index < -0.39 is 17.8 Å². The maximum Gasteiger partial charge on any atom is 0.258 e. The highest BCUT2D eigenvalue weighted by Gasteiger charge is 2.34. The van der Waals surface area contributed by atoms with Crippen LogP contribution in [0.15, 0.2) is 60.7 Å². The van der Waals surface area contributed by atoms with Gasteiger partial charge in [-0.3, -0.25) is 4.79 Å². The van der Waals surface area contributed by atoms with E-state index in [-0.39, 0.29) is 24.8 Å². The molecule has 0 fully saturated rings. The summed E-state index contributed by atoms with van der Waals surface area (Å²) in [6.45, 7) is 0.359. The predicted octanol–water partition coefficient (Wildman–Crippen LogP) is 4.46. The van der Waals surface area contributed by atoms with Crippen molar-refractivity contribution >= 4 is 11.6 Å². The molecule has 2 aliphatic heterocycles. The van der Waals surface area contributed by atoms with Crippen LogP contribution in [-0.4, -0.2) is 17.6 Å². The van der Waals surface area contributed by atoms with Gasteiger partial charge in [0, 0.05) is 23.9 Å². The molecule has 0 aromatic heterocycles. The highest BCUT2D eigenvalue weighted by Crippen LogP contribution is 2.37. The summed E-state index contributed by atoms with van der Waals surface area (Å²) in [7, 11) is 0. The molecule has 0 aliphatic carbocycles. The fourth-order valence-corrected chi connectivity index (χ4v) is 3.66. The van der Waals surface area contributed by atoms with Crippen molar-refractivity contribution in [1.29, 1.82) is 0 Å². The quantitative estimate of drug-likeness (QED) is 0.713. The van der Waals surface area contributed by atoms with Crippen molar-refractivity contribution in [3.05, 3.63) is 89.0 Å². The minimum absolute atomic E-state index is 0.153. The molecule has 0 unspecified atom stereocenters. The summed E-state index contributed by atoms with van der Waals surface area (Å²) in [4.78, 5) is 14.8. The molecule has 5 rings (SSSR count). The standard InChI is InChI=1S/C22H16F2N2O3/c23-14-6-7-15(17(24)10-14)21-25-18-4-2-1-3-16(18)22(27)26(21)11-13-5-8-19-20(9-13)29-12-28-19/h1-10,21,25H,11-12H2/t21-/m0/s1. The van der Waals surface area contributed by atoms with E-state index in [1.807, 2.05) is 6.07 Å². The zero-order valence-corrected chi connectivity index (χ0v) is 15.2. The van der Waals surface area contributed by atoms with Crippen LogP contribution in [0.4, 0.5) is 14.5 Å². The first-order valence-electron chi connectivity index (χ1n) is 9.10. The molecule has 29 heavy (non-hydrogen) atoms. The topological polar surface area (TPSA) is 50.8 Å². The van der Waals surface area contributed by atoms with Gasteiger partial charge in [-0.05, 0) is 42.0 Å². The molecule has 0 radical (unpaired) electrons. The Hall–Kier alpha value is -3.61. The van der Waals surface area contributed by atoms with Gasteiger partial charge < -0.3 is 19.7 Å². The second-order valence-corrected chi connectivity index (χ2v) is 6.88. The summed E-state index contributed by atoms with van der Waals surface area (Å²) in [6.07, 6.45) is -0.788. The molecule has 0 bridgehead atoms. The highest BCUT2D eigenvalue weighted by atomic mass is 19.1. The Morgan fingerprint density at radius 1 is 1.00 bits per heavy atom. The van der Waals surface area contributed by atoms with E-state index in [1.54, 1.807) is 36.4 Å². The second kappa shape index (κ2) is 6.77. The molecule has 1 N–H and O–H groups in total. The van der Waals surface area contributed by atoms with Crippen LogP contribution >= 0.6 is 0 Å². The van der Waals surface area contributed by atoms with Crippen LogP contribution in [0.5, 0.6) is 11.5 Å². The molecule has 5 nitrogen and oxygen atoms in total. The van der Waals surface area contributed by atoms with Gasteiger partial charge in [0.15, 0.2) is 11.5 Å². The van der Waals surface area contributed by atoms with E-state index in [2.05, 4.69) is 5.32 Å². The SMILES string of the molecule is O=C1c2ccccc2N[C@H](c2ccc(F)cc2F)N1Cc1ccc2c(c1)OCO2. The van der Waals surface area contributed by atoms with E-state index in [1.165, 1.54) is 17.0 Å². The molecule has 0 saturated carbocycles. The van der Waals surface area contributed by atoms with Gasteiger partial charge in [-0.25, -0.2) is 8.78 Å². The molecular formula is C22H16F2N2O3. The lowest BCUT2D eigenvalue weighted by Crippen LogP contribution is -2.42. The second-order valence-electron chi connectivity index (χ2n) is 6.88. The molecule has 7 heteroatoms. The van der Waals surface area contributed by atoms with E-state index in [0.717, 1.165) is 11.6 Å². The number of carbonyl (C=O) groups excluding carboxylic acids is 1. The van der Waals surface area contributed by atoms with Crippen LogP contribution in [0.25, 0.3) is 0 Å².